The van der Waals surface area contributed by atoms with Gasteiger partial charge in [-0.25, -0.2) is 9.78 Å². The maximum atomic E-state index is 10.4. The van der Waals surface area contributed by atoms with Gasteiger partial charge in [0.05, 0.1) is 5.56 Å². The predicted octanol–water partition coefficient (Wildman–Crippen LogP) is 1.64. The van der Waals surface area contributed by atoms with E-state index in [1.807, 2.05) is 5.32 Å². The second kappa shape index (κ2) is 3.86. The third kappa shape index (κ3) is 2.41. The van der Waals surface area contributed by atoms with Gasteiger partial charge in [-0.1, -0.05) is 11.6 Å². The van der Waals surface area contributed by atoms with Crippen molar-refractivity contribution in [2.24, 2.45) is 0 Å². The molecule has 0 fully saturated rings. The summed E-state index contributed by atoms with van der Waals surface area (Å²) in [5.41, 5.74) is 0.145. The van der Waals surface area contributed by atoms with E-state index in [0.717, 1.165) is 0 Å². The van der Waals surface area contributed by atoms with Crippen LogP contribution in [0.25, 0.3) is 0 Å². The number of rotatable bonds is 2. The lowest BCUT2D eigenvalue weighted by Crippen LogP contribution is -2.10. The molecule has 0 spiro atoms. The fourth-order valence-electron chi connectivity index (χ4n) is 0.743. The third-order valence-electron chi connectivity index (χ3n) is 1.24. The smallest absolute Gasteiger partial charge is 0.410 e. The van der Waals surface area contributed by atoms with Crippen molar-refractivity contribution in [3.8, 4) is 0 Å². The molecule has 6 heteroatoms. The molecule has 68 valence electrons. The topological polar surface area (TPSA) is 79.3 Å². The van der Waals surface area contributed by atoms with E-state index in [1.165, 1.54) is 12.1 Å². The summed E-state index contributed by atoms with van der Waals surface area (Å²) < 4.78 is 0. The van der Waals surface area contributed by atoms with Crippen LogP contribution in [0.3, 0.4) is 0 Å². The van der Waals surface area contributed by atoms with Crippen LogP contribution in [0, 0.1) is 0 Å². The Bertz CT molecular complexity index is 354. The molecule has 1 rings (SSSR count). The molecule has 1 heterocycles. The van der Waals surface area contributed by atoms with Crippen molar-refractivity contribution in [3.05, 3.63) is 22.8 Å². The van der Waals surface area contributed by atoms with Crippen LogP contribution in [0.15, 0.2) is 12.1 Å². The molecule has 0 aromatic carbocycles. The molecule has 1 amide bonds. The van der Waals surface area contributed by atoms with Crippen LogP contribution in [-0.2, 0) is 0 Å². The molecule has 0 bridgehead atoms. The minimum atomic E-state index is -1.29. The fourth-order valence-corrected chi connectivity index (χ4v) is 0.890. The molecule has 0 aliphatic rings. The van der Waals surface area contributed by atoms with Crippen LogP contribution < -0.4 is 5.32 Å². The first-order valence-corrected chi connectivity index (χ1v) is 3.63. The van der Waals surface area contributed by atoms with Gasteiger partial charge < -0.3 is 5.11 Å². The molecule has 13 heavy (non-hydrogen) atoms. The number of aromatic nitrogens is 1. The standard InChI is InChI=1S/C7H5ClN2O3/c8-5-2-1-4(3-11)6(9-5)10-7(12)13/h1-3H,(H,9,10)(H,12,13). The van der Waals surface area contributed by atoms with Crippen LogP contribution >= 0.6 is 11.6 Å². The first-order chi connectivity index (χ1) is 6.13. The van der Waals surface area contributed by atoms with E-state index in [1.54, 1.807) is 0 Å². The van der Waals surface area contributed by atoms with Crippen LogP contribution in [0.1, 0.15) is 10.4 Å². The molecule has 2 N–H and O–H groups in total. The highest BCUT2D eigenvalue weighted by molar-refractivity contribution is 6.29. The van der Waals surface area contributed by atoms with E-state index in [2.05, 4.69) is 4.98 Å². The summed E-state index contributed by atoms with van der Waals surface area (Å²) in [5.74, 6) is -0.0602. The average Bonchev–Trinajstić information content (AvgIpc) is 2.03. The molecule has 0 aliphatic heterocycles. The molecule has 0 atom stereocenters. The lowest BCUT2D eigenvalue weighted by Gasteiger charge is -2.02. The van der Waals surface area contributed by atoms with Gasteiger partial charge in [0.25, 0.3) is 0 Å². The number of pyridine rings is 1. The molecule has 0 radical (unpaired) electrons. The summed E-state index contributed by atoms with van der Waals surface area (Å²) in [6, 6.07) is 2.78. The maximum Gasteiger partial charge on any atom is 0.410 e. The van der Waals surface area contributed by atoms with Crippen molar-refractivity contribution in [1.82, 2.24) is 4.98 Å². The zero-order valence-electron chi connectivity index (χ0n) is 6.32. The van der Waals surface area contributed by atoms with Crippen molar-refractivity contribution in [3.63, 3.8) is 0 Å². The summed E-state index contributed by atoms with van der Waals surface area (Å²) in [6.07, 6.45) is -0.799. The minimum absolute atomic E-state index is 0.0602. The first kappa shape index (κ1) is 9.47. The Hall–Kier alpha value is -1.62. The second-order valence-corrected chi connectivity index (χ2v) is 2.51. The Labute approximate surface area is 78.4 Å². The summed E-state index contributed by atoms with van der Waals surface area (Å²) in [4.78, 5) is 24.3. The molecule has 1 aromatic rings. The molecule has 0 unspecified atom stereocenters. The summed E-state index contributed by atoms with van der Waals surface area (Å²) in [6.45, 7) is 0. The highest BCUT2D eigenvalue weighted by Crippen LogP contribution is 2.14. The van der Waals surface area contributed by atoms with Crippen molar-refractivity contribution >= 4 is 29.8 Å². The highest BCUT2D eigenvalue weighted by atomic mass is 35.5. The number of carboxylic acid groups (broad SMARTS) is 1. The summed E-state index contributed by atoms with van der Waals surface area (Å²) in [5, 5.41) is 10.4. The van der Waals surface area contributed by atoms with E-state index >= 15 is 0 Å². The van der Waals surface area contributed by atoms with E-state index in [0.29, 0.717) is 6.29 Å². The van der Waals surface area contributed by atoms with Gasteiger partial charge in [-0.3, -0.25) is 10.1 Å². The molecular formula is C7H5ClN2O3. The number of nitrogens with one attached hydrogen (secondary N) is 1. The molecule has 1 aromatic heterocycles. The van der Waals surface area contributed by atoms with Gasteiger partial charge in [0.2, 0.25) is 0 Å². The van der Waals surface area contributed by atoms with Gasteiger partial charge >= 0.3 is 6.09 Å². The van der Waals surface area contributed by atoms with E-state index in [-0.39, 0.29) is 16.5 Å². The van der Waals surface area contributed by atoms with E-state index < -0.39 is 6.09 Å². The number of aldehydes is 1. The molecule has 5 nitrogen and oxygen atoms in total. The average molecular weight is 201 g/mol. The number of hydrogen-bond acceptors (Lipinski definition) is 3. The molecule has 0 saturated heterocycles. The monoisotopic (exact) mass is 200 g/mol. The van der Waals surface area contributed by atoms with Crippen molar-refractivity contribution in [1.29, 1.82) is 0 Å². The van der Waals surface area contributed by atoms with Crippen LogP contribution in [0.2, 0.25) is 5.15 Å². The van der Waals surface area contributed by atoms with Gasteiger partial charge in [0, 0.05) is 0 Å². The Morgan fingerprint density at radius 2 is 2.31 bits per heavy atom. The number of carbonyl (C=O) groups excluding carboxylic acids is 1. The Morgan fingerprint density at radius 1 is 1.62 bits per heavy atom. The lowest BCUT2D eigenvalue weighted by atomic mass is 10.3. The second-order valence-electron chi connectivity index (χ2n) is 2.12. The van der Waals surface area contributed by atoms with Gasteiger partial charge in [0.1, 0.15) is 11.0 Å². The number of hydrogen-bond donors (Lipinski definition) is 2. The van der Waals surface area contributed by atoms with E-state index in [4.69, 9.17) is 16.7 Å². The Kier molecular flexibility index (Phi) is 2.81. The van der Waals surface area contributed by atoms with Crippen molar-refractivity contribution in [2.75, 3.05) is 5.32 Å². The minimum Gasteiger partial charge on any atom is -0.465 e. The number of nitrogens with zero attached hydrogens (tertiary/aromatic N) is 1. The lowest BCUT2D eigenvalue weighted by molar-refractivity contribution is 0.112. The van der Waals surface area contributed by atoms with Crippen LogP contribution in [0.4, 0.5) is 10.6 Å². The highest BCUT2D eigenvalue weighted by Gasteiger charge is 2.06. The largest absolute Gasteiger partial charge is 0.465 e. The molecular weight excluding hydrogens is 196 g/mol. The van der Waals surface area contributed by atoms with Crippen molar-refractivity contribution in [2.45, 2.75) is 0 Å². The van der Waals surface area contributed by atoms with Crippen LogP contribution in [-0.4, -0.2) is 22.5 Å². The Morgan fingerprint density at radius 3 is 2.85 bits per heavy atom. The quantitative estimate of drug-likeness (QED) is 0.562. The summed E-state index contributed by atoms with van der Waals surface area (Å²) in [7, 11) is 0. The van der Waals surface area contributed by atoms with Crippen LogP contribution in [0.5, 0.6) is 0 Å². The third-order valence-corrected chi connectivity index (χ3v) is 1.46. The number of amides is 1. The number of anilines is 1. The zero-order chi connectivity index (χ0) is 9.84. The SMILES string of the molecule is O=Cc1ccc(Cl)nc1NC(=O)O. The molecule has 0 aliphatic carbocycles. The normalized spacial score (nSPS) is 9.31. The van der Waals surface area contributed by atoms with Crippen molar-refractivity contribution < 1.29 is 14.7 Å². The first-order valence-electron chi connectivity index (χ1n) is 3.25. The zero-order valence-corrected chi connectivity index (χ0v) is 7.08. The van der Waals surface area contributed by atoms with E-state index in [9.17, 15) is 9.59 Å². The van der Waals surface area contributed by atoms with Gasteiger partial charge in [0.15, 0.2) is 6.29 Å². The van der Waals surface area contributed by atoms with Gasteiger partial charge in [-0.2, -0.15) is 0 Å². The maximum absolute atomic E-state index is 10.4. The number of carbonyl (C=O) groups is 2. The van der Waals surface area contributed by atoms with Gasteiger partial charge in [-0.05, 0) is 12.1 Å². The number of halogens is 1. The van der Waals surface area contributed by atoms with Gasteiger partial charge in [-0.15, -0.1) is 0 Å². The summed E-state index contributed by atoms with van der Waals surface area (Å²) >= 11 is 5.50. The Balaban J connectivity index is 3.07. The fraction of sp³-hybridized carbons (Fsp3) is 0. The predicted molar refractivity (Wildman–Crippen MR) is 46.3 cm³/mol. The molecule has 0 saturated carbocycles.